The molecule has 0 aliphatic rings. The highest BCUT2D eigenvalue weighted by Crippen LogP contribution is 2.18. The third-order valence-corrected chi connectivity index (χ3v) is 5.72. The van der Waals surface area contributed by atoms with Gasteiger partial charge in [0.1, 0.15) is 17.4 Å². The van der Waals surface area contributed by atoms with E-state index in [0.717, 1.165) is 22.7 Å². The van der Waals surface area contributed by atoms with Crippen molar-refractivity contribution in [2.75, 3.05) is 12.3 Å². The minimum atomic E-state index is -0.195. The van der Waals surface area contributed by atoms with Crippen LogP contribution in [0.1, 0.15) is 34.5 Å². The van der Waals surface area contributed by atoms with Crippen LogP contribution in [0.3, 0.4) is 0 Å². The Balaban J connectivity index is 1.47. The molecule has 0 atom stereocenters. The smallest absolute Gasteiger partial charge is 0.220 e. The molecule has 8 heteroatoms. The molecule has 0 radical (unpaired) electrons. The van der Waals surface area contributed by atoms with Crippen LogP contribution in [0.2, 0.25) is 0 Å². The van der Waals surface area contributed by atoms with E-state index in [2.05, 4.69) is 21.5 Å². The first-order valence-electron chi connectivity index (χ1n) is 9.33. The molecule has 1 N–H and O–H groups in total. The number of hydrogen-bond donors (Lipinski definition) is 1. The molecule has 2 aromatic heterocycles. The quantitative estimate of drug-likeness (QED) is 0.575. The van der Waals surface area contributed by atoms with Gasteiger partial charge in [0, 0.05) is 35.9 Å². The van der Waals surface area contributed by atoms with Gasteiger partial charge in [0.05, 0.1) is 6.20 Å². The molecule has 2 heterocycles. The minimum Gasteiger partial charge on any atom is -0.355 e. The van der Waals surface area contributed by atoms with Crippen molar-refractivity contribution in [2.45, 2.75) is 32.4 Å². The number of nitriles is 1. The summed E-state index contributed by atoms with van der Waals surface area (Å²) in [5.41, 5.74) is 4.32. The van der Waals surface area contributed by atoms with E-state index in [-0.39, 0.29) is 11.7 Å². The van der Waals surface area contributed by atoms with Gasteiger partial charge in [0.25, 0.3) is 0 Å². The Morgan fingerprint density at radius 1 is 1.34 bits per heavy atom. The van der Waals surface area contributed by atoms with Gasteiger partial charge in [0.15, 0.2) is 5.65 Å². The van der Waals surface area contributed by atoms with Crippen molar-refractivity contribution in [2.24, 2.45) is 0 Å². The van der Waals surface area contributed by atoms with Crippen LogP contribution in [0.5, 0.6) is 0 Å². The van der Waals surface area contributed by atoms with E-state index in [1.54, 1.807) is 28.4 Å². The summed E-state index contributed by atoms with van der Waals surface area (Å²) in [4.78, 5) is 16.7. The molecule has 29 heavy (non-hydrogen) atoms. The summed E-state index contributed by atoms with van der Waals surface area (Å²) in [7, 11) is 0. The summed E-state index contributed by atoms with van der Waals surface area (Å²) in [5.74, 6) is 1.07. The van der Waals surface area contributed by atoms with Crippen molar-refractivity contribution in [3.63, 3.8) is 0 Å². The Bertz CT molecular complexity index is 1070. The normalized spacial score (nSPS) is 10.8. The number of carbonyl (C=O) groups is 1. The molecular formula is C21H22FN5OS. The first-order chi connectivity index (χ1) is 14.0. The molecule has 0 unspecified atom stereocenters. The fraction of sp³-hybridized carbons (Fsp3) is 0.333. The van der Waals surface area contributed by atoms with Crippen LogP contribution >= 0.6 is 11.8 Å². The highest BCUT2D eigenvalue weighted by molar-refractivity contribution is 7.98. The Morgan fingerprint density at radius 3 is 2.90 bits per heavy atom. The van der Waals surface area contributed by atoms with Crippen LogP contribution in [-0.2, 0) is 17.0 Å². The fourth-order valence-electron chi connectivity index (χ4n) is 3.14. The molecule has 0 saturated heterocycles. The van der Waals surface area contributed by atoms with Crippen LogP contribution in [0.4, 0.5) is 4.39 Å². The average molecular weight is 412 g/mol. The number of carbonyl (C=O) groups excluding carboxylic acids is 1. The maximum absolute atomic E-state index is 13.6. The van der Waals surface area contributed by atoms with Gasteiger partial charge in [-0.2, -0.15) is 22.1 Å². The zero-order valence-electron chi connectivity index (χ0n) is 16.4. The van der Waals surface area contributed by atoms with E-state index in [9.17, 15) is 9.18 Å². The van der Waals surface area contributed by atoms with Crippen LogP contribution in [0, 0.1) is 31.0 Å². The fourth-order valence-corrected chi connectivity index (χ4v) is 3.98. The van der Waals surface area contributed by atoms with Crippen molar-refractivity contribution in [3.8, 4) is 6.07 Å². The molecule has 6 nitrogen and oxygen atoms in total. The molecule has 3 aromatic rings. The number of hydrogen-bond acceptors (Lipinski definition) is 5. The van der Waals surface area contributed by atoms with Gasteiger partial charge in [0.2, 0.25) is 5.91 Å². The number of halogens is 1. The van der Waals surface area contributed by atoms with Gasteiger partial charge in [-0.05, 0) is 37.5 Å². The number of fused-ring (bicyclic) bond motifs is 1. The van der Waals surface area contributed by atoms with E-state index in [1.807, 2.05) is 19.9 Å². The molecule has 0 aliphatic carbocycles. The van der Waals surface area contributed by atoms with Gasteiger partial charge in [-0.25, -0.2) is 13.9 Å². The second-order valence-corrected chi connectivity index (χ2v) is 7.77. The number of aryl methyl sites for hydroxylation is 2. The number of thioether (sulfide) groups is 1. The zero-order chi connectivity index (χ0) is 20.8. The van der Waals surface area contributed by atoms with Crippen LogP contribution in [-0.4, -0.2) is 32.8 Å². The number of nitrogens with one attached hydrogen (secondary N) is 1. The first-order valence-corrected chi connectivity index (χ1v) is 10.5. The van der Waals surface area contributed by atoms with E-state index < -0.39 is 0 Å². The standard InChI is InChI=1S/C21H22FN5OS/c1-14-18(15(2)27-21(26-14)17(11-23)12-25-27)7-8-20(28)24-9-10-29-13-16-5-3-4-6-19(16)22/h3-6,12H,7-10,13H2,1-2H3,(H,24,28). The molecule has 0 bridgehead atoms. The summed E-state index contributed by atoms with van der Waals surface area (Å²) >= 11 is 1.59. The predicted molar refractivity (Wildman–Crippen MR) is 111 cm³/mol. The number of benzene rings is 1. The van der Waals surface area contributed by atoms with Crippen molar-refractivity contribution >= 4 is 23.3 Å². The Labute approximate surface area is 173 Å². The van der Waals surface area contributed by atoms with Crippen molar-refractivity contribution in [3.05, 3.63) is 64.4 Å². The summed E-state index contributed by atoms with van der Waals surface area (Å²) < 4.78 is 15.2. The summed E-state index contributed by atoms with van der Waals surface area (Å²) in [5, 5.41) is 16.3. The summed E-state index contributed by atoms with van der Waals surface area (Å²) in [6, 6.07) is 8.81. The Hall–Kier alpha value is -2.92. The molecule has 0 fully saturated rings. The molecule has 0 spiro atoms. The molecule has 0 saturated carbocycles. The monoisotopic (exact) mass is 411 g/mol. The number of rotatable bonds is 8. The second-order valence-electron chi connectivity index (χ2n) is 6.66. The van der Waals surface area contributed by atoms with Crippen molar-refractivity contribution < 1.29 is 9.18 Å². The summed E-state index contributed by atoms with van der Waals surface area (Å²) in [6.45, 7) is 4.34. The highest BCUT2D eigenvalue weighted by Gasteiger charge is 2.14. The molecule has 1 aromatic carbocycles. The minimum absolute atomic E-state index is 0.0337. The van der Waals surface area contributed by atoms with Crippen LogP contribution in [0.15, 0.2) is 30.5 Å². The third kappa shape index (κ3) is 4.93. The number of aromatic nitrogens is 3. The molecule has 1 amide bonds. The molecule has 150 valence electrons. The van der Waals surface area contributed by atoms with Crippen molar-refractivity contribution in [1.82, 2.24) is 19.9 Å². The van der Waals surface area contributed by atoms with Gasteiger partial charge >= 0.3 is 0 Å². The largest absolute Gasteiger partial charge is 0.355 e. The van der Waals surface area contributed by atoms with Gasteiger partial charge in [-0.15, -0.1) is 0 Å². The summed E-state index contributed by atoms with van der Waals surface area (Å²) in [6.07, 6.45) is 2.40. The van der Waals surface area contributed by atoms with E-state index >= 15 is 0 Å². The second kappa shape index (κ2) is 9.52. The first kappa shape index (κ1) is 20.8. The van der Waals surface area contributed by atoms with Gasteiger partial charge in [-0.3, -0.25) is 4.79 Å². The molecule has 0 aliphatic heterocycles. The van der Waals surface area contributed by atoms with Gasteiger partial charge < -0.3 is 5.32 Å². The molecular weight excluding hydrogens is 389 g/mol. The maximum Gasteiger partial charge on any atom is 0.220 e. The van der Waals surface area contributed by atoms with E-state index in [0.29, 0.717) is 41.9 Å². The predicted octanol–water partition coefficient (Wildman–Crippen LogP) is 3.34. The lowest BCUT2D eigenvalue weighted by molar-refractivity contribution is -0.120. The lowest BCUT2D eigenvalue weighted by Crippen LogP contribution is -2.26. The topological polar surface area (TPSA) is 83.1 Å². The Kier molecular flexibility index (Phi) is 6.83. The van der Waals surface area contributed by atoms with Crippen molar-refractivity contribution in [1.29, 1.82) is 5.26 Å². The van der Waals surface area contributed by atoms with Crippen LogP contribution in [0.25, 0.3) is 5.65 Å². The lowest BCUT2D eigenvalue weighted by Gasteiger charge is -2.11. The van der Waals surface area contributed by atoms with E-state index in [4.69, 9.17) is 5.26 Å². The van der Waals surface area contributed by atoms with E-state index in [1.165, 1.54) is 12.3 Å². The SMILES string of the molecule is Cc1nc2c(C#N)cnn2c(C)c1CCC(=O)NCCSCc1ccccc1F. The van der Waals surface area contributed by atoms with Crippen LogP contribution < -0.4 is 5.32 Å². The number of nitrogens with zero attached hydrogens (tertiary/aromatic N) is 4. The average Bonchev–Trinajstić information content (AvgIpc) is 3.11. The maximum atomic E-state index is 13.6. The van der Waals surface area contributed by atoms with Gasteiger partial charge in [-0.1, -0.05) is 18.2 Å². The zero-order valence-corrected chi connectivity index (χ0v) is 17.2. The third-order valence-electron chi connectivity index (χ3n) is 4.72. The Morgan fingerprint density at radius 2 is 2.14 bits per heavy atom. The molecule has 3 rings (SSSR count). The lowest BCUT2D eigenvalue weighted by atomic mass is 10.1. The number of amides is 1. The highest BCUT2D eigenvalue weighted by atomic mass is 32.2.